The highest BCUT2D eigenvalue weighted by Gasteiger charge is 2.13. The van der Waals surface area contributed by atoms with Crippen LogP contribution in [0.15, 0.2) is 72.8 Å². The third-order valence-electron chi connectivity index (χ3n) is 4.68. The van der Waals surface area contributed by atoms with Crippen molar-refractivity contribution < 1.29 is 24.2 Å². The van der Waals surface area contributed by atoms with Gasteiger partial charge >= 0.3 is 5.97 Å². The molecule has 0 saturated heterocycles. The Morgan fingerprint density at radius 2 is 1.58 bits per heavy atom. The Bertz CT molecular complexity index is 1110. The zero-order valence-electron chi connectivity index (χ0n) is 17.3. The predicted molar refractivity (Wildman–Crippen MR) is 119 cm³/mol. The Hall–Kier alpha value is -4.06. The summed E-state index contributed by atoms with van der Waals surface area (Å²) < 4.78 is 10.6. The maximum atomic E-state index is 13.1. The normalized spacial score (nSPS) is 11.0. The van der Waals surface area contributed by atoms with Gasteiger partial charge in [-0.1, -0.05) is 48.5 Å². The number of hydrogen-bond acceptors (Lipinski definition) is 4. The van der Waals surface area contributed by atoms with Gasteiger partial charge in [0.15, 0.2) is 11.5 Å². The Kier molecular flexibility index (Phi) is 7.06. The average molecular weight is 417 g/mol. The lowest BCUT2D eigenvalue weighted by Gasteiger charge is -2.12. The number of carboxylic acids is 1. The van der Waals surface area contributed by atoms with Gasteiger partial charge < -0.3 is 19.9 Å². The van der Waals surface area contributed by atoms with E-state index in [1.54, 1.807) is 50.6 Å². The summed E-state index contributed by atoms with van der Waals surface area (Å²) >= 11 is 0. The lowest BCUT2D eigenvalue weighted by atomic mass is 10.0. The number of ether oxygens (including phenoxy) is 2. The Morgan fingerprint density at radius 1 is 0.871 bits per heavy atom. The first-order chi connectivity index (χ1) is 15.0. The lowest BCUT2D eigenvalue weighted by molar-refractivity contribution is -0.115. The van der Waals surface area contributed by atoms with Crippen molar-refractivity contribution in [3.8, 4) is 11.5 Å². The van der Waals surface area contributed by atoms with Crippen molar-refractivity contribution in [3.63, 3.8) is 0 Å². The summed E-state index contributed by atoms with van der Waals surface area (Å²) in [7, 11) is 3.12. The standard InChI is InChI=1S/C25H23NO5/c1-30-22-12-11-17(15-23(22)31-2)14-21(19-8-4-3-5-9-19)24(27)26-16-18-7-6-10-20(13-18)25(28)29/h3-15H,16H2,1-2H3,(H,26,27)(H,28,29)/b21-14+. The predicted octanol–water partition coefficient (Wildman–Crippen LogP) is 4.26. The van der Waals surface area contributed by atoms with Crippen LogP contribution in [0.5, 0.6) is 11.5 Å². The van der Waals surface area contributed by atoms with E-state index < -0.39 is 5.97 Å². The molecule has 0 atom stereocenters. The zero-order chi connectivity index (χ0) is 22.2. The average Bonchev–Trinajstić information content (AvgIpc) is 2.81. The summed E-state index contributed by atoms with van der Waals surface area (Å²) in [6.07, 6.45) is 1.78. The van der Waals surface area contributed by atoms with Gasteiger partial charge in [-0.05, 0) is 47.0 Å². The van der Waals surface area contributed by atoms with Gasteiger partial charge in [0, 0.05) is 12.1 Å². The molecule has 0 heterocycles. The molecule has 6 nitrogen and oxygen atoms in total. The van der Waals surface area contributed by atoms with Gasteiger partial charge in [0.1, 0.15) is 0 Å². The van der Waals surface area contributed by atoms with E-state index in [0.29, 0.717) is 22.6 Å². The number of benzene rings is 3. The fourth-order valence-electron chi connectivity index (χ4n) is 3.10. The van der Waals surface area contributed by atoms with Crippen LogP contribution in [-0.4, -0.2) is 31.2 Å². The van der Waals surface area contributed by atoms with E-state index in [1.807, 2.05) is 36.4 Å². The fraction of sp³-hybridized carbons (Fsp3) is 0.120. The van der Waals surface area contributed by atoms with Crippen LogP contribution in [0.25, 0.3) is 11.6 Å². The Morgan fingerprint density at radius 3 is 2.26 bits per heavy atom. The summed E-state index contributed by atoms with van der Waals surface area (Å²) in [5, 5.41) is 12.0. The van der Waals surface area contributed by atoms with Gasteiger partial charge in [0.2, 0.25) is 0 Å². The zero-order valence-corrected chi connectivity index (χ0v) is 17.3. The maximum absolute atomic E-state index is 13.1. The molecule has 6 heteroatoms. The third kappa shape index (κ3) is 5.51. The van der Waals surface area contributed by atoms with Crippen molar-refractivity contribution in [1.29, 1.82) is 0 Å². The van der Waals surface area contributed by atoms with E-state index in [-0.39, 0.29) is 18.0 Å². The molecule has 2 N–H and O–H groups in total. The van der Waals surface area contributed by atoms with Crippen LogP contribution in [0.4, 0.5) is 0 Å². The second-order valence-electron chi connectivity index (χ2n) is 6.73. The second kappa shape index (κ2) is 10.1. The molecule has 158 valence electrons. The smallest absolute Gasteiger partial charge is 0.335 e. The minimum Gasteiger partial charge on any atom is -0.493 e. The molecule has 0 saturated carbocycles. The monoisotopic (exact) mass is 417 g/mol. The molecular formula is C25H23NO5. The highest BCUT2D eigenvalue weighted by molar-refractivity contribution is 6.24. The minimum atomic E-state index is -1.01. The number of hydrogen-bond donors (Lipinski definition) is 2. The van der Waals surface area contributed by atoms with Crippen LogP contribution >= 0.6 is 0 Å². The van der Waals surface area contributed by atoms with Crippen LogP contribution in [0.3, 0.4) is 0 Å². The van der Waals surface area contributed by atoms with Gasteiger partial charge in [-0.2, -0.15) is 0 Å². The first kappa shape index (κ1) is 21.6. The van der Waals surface area contributed by atoms with Crippen molar-refractivity contribution in [2.75, 3.05) is 14.2 Å². The number of rotatable bonds is 8. The van der Waals surface area contributed by atoms with Crippen LogP contribution in [-0.2, 0) is 11.3 Å². The van der Waals surface area contributed by atoms with Crippen molar-refractivity contribution in [3.05, 3.63) is 95.1 Å². The van der Waals surface area contributed by atoms with Crippen LogP contribution in [0.1, 0.15) is 27.0 Å². The van der Waals surface area contributed by atoms with E-state index in [0.717, 1.165) is 11.1 Å². The molecule has 3 aromatic carbocycles. The molecule has 0 fully saturated rings. The van der Waals surface area contributed by atoms with Gasteiger partial charge in [-0.3, -0.25) is 4.79 Å². The molecule has 3 rings (SSSR count). The van der Waals surface area contributed by atoms with E-state index in [4.69, 9.17) is 14.6 Å². The van der Waals surface area contributed by atoms with Crippen LogP contribution < -0.4 is 14.8 Å². The fourth-order valence-corrected chi connectivity index (χ4v) is 3.10. The van der Waals surface area contributed by atoms with Crippen LogP contribution in [0.2, 0.25) is 0 Å². The largest absolute Gasteiger partial charge is 0.493 e. The molecule has 0 aliphatic rings. The number of carboxylic acid groups (broad SMARTS) is 1. The van der Waals surface area contributed by atoms with Crippen molar-refractivity contribution >= 4 is 23.5 Å². The highest BCUT2D eigenvalue weighted by atomic mass is 16.5. The number of nitrogens with one attached hydrogen (secondary N) is 1. The summed E-state index contributed by atoms with van der Waals surface area (Å²) in [5.74, 6) is -0.119. The van der Waals surface area contributed by atoms with Gasteiger partial charge in [0.25, 0.3) is 5.91 Å². The minimum absolute atomic E-state index is 0.177. The van der Waals surface area contributed by atoms with Crippen molar-refractivity contribution in [2.45, 2.75) is 6.54 Å². The summed E-state index contributed by atoms with van der Waals surface area (Å²) in [6, 6.07) is 21.2. The Labute approximate surface area is 180 Å². The van der Waals surface area contributed by atoms with E-state index in [9.17, 15) is 9.59 Å². The van der Waals surface area contributed by atoms with E-state index in [1.165, 1.54) is 6.07 Å². The summed E-state index contributed by atoms with van der Waals surface area (Å²) in [4.78, 5) is 24.2. The molecular weight excluding hydrogens is 394 g/mol. The maximum Gasteiger partial charge on any atom is 0.335 e. The number of methoxy groups -OCH3 is 2. The molecule has 0 aromatic heterocycles. The molecule has 3 aromatic rings. The second-order valence-corrected chi connectivity index (χ2v) is 6.73. The molecule has 0 aliphatic carbocycles. The third-order valence-corrected chi connectivity index (χ3v) is 4.68. The quantitative estimate of drug-likeness (QED) is 0.423. The SMILES string of the molecule is COc1ccc(/C=C(/C(=O)NCc2cccc(C(=O)O)c2)c2ccccc2)cc1OC. The van der Waals surface area contributed by atoms with Gasteiger partial charge in [0.05, 0.1) is 19.8 Å². The number of carbonyl (C=O) groups is 2. The molecule has 1 amide bonds. The highest BCUT2D eigenvalue weighted by Crippen LogP contribution is 2.29. The first-order valence-corrected chi connectivity index (χ1v) is 9.61. The van der Waals surface area contributed by atoms with Gasteiger partial charge in [-0.25, -0.2) is 4.79 Å². The number of amides is 1. The number of carbonyl (C=O) groups excluding carboxylic acids is 1. The van der Waals surface area contributed by atoms with Crippen LogP contribution in [0, 0.1) is 0 Å². The van der Waals surface area contributed by atoms with E-state index >= 15 is 0 Å². The molecule has 0 spiro atoms. The Balaban J connectivity index is 1.89. The molecule has 0 unspecified atom stereocenters. The molecule has 0 radical (unpaired) electrons. The lowest BCUT2D eigenvalue weighted by Crippen LogP contribution is -2.24. The van der Waals surface area contributed by atoms with Crippen molar-refractivity contribution in [1.82, 2.24) is 5.32 Å². The molecule has 0 aliphatic heterocycles. The molecule has 31 heavy (non-hydrogen) atoms. The van der Waals surface area contributed by atoms with Crippen molar-refractivity contribution in [2.24, 2.45) is 0 Å². The first-order valence-electron chi connectivity index (χ1n) is 9.61. The summed E-state index contributed by atoms with van der Waals surface area (Å²) in [5.41, 5.74) is 2.89. The molecule has 0 bridgehead atoms. The number of aromatic carboxylic acids is 1. The topological polar surface area (TPSA) is 84.9 Å². The summed E-state index contributed by atoms with van der Waals surface area (Å²) in [6.45, 7) is 0.204. The van der Waals surface area contributed by atoms with E-state index in [2.05, 4.69) is 5.32 Å². The van der Waals surface area contributed by atoms with Gasteiger partial charge in [-0.15, -0.1) is 0 Å².